The number of rotatable bonds is 4. The summed E-state index contributed by atoms with van der Waals surface area (Å²) < 4.78 is 0. The Labute approximate surface area is 85.1 Å². The maximum atomic E-state index is 11.1. The van der Waals surface area contributed by atoms with Crippen molar-refractivity contribution >= 4 is 6.03 Å². The zero-order chi connectivity index (χ0) is 10.4. The highest BCUT2D eigenvalue weighted by Gasteiger charge is 2.26. The average molecular weight is 200 g/mol. The van der Waals surface area contributed by atoms with E-state index in [4.69, 9.17) is 5.11 Å². The molecule has 1 saturated carbocycles. The predicted octanol–water partition coefficient (Wildman–Crippen LogP) is 0.714. The normalized spacial score (nSPS) is 26.1. The second-order valence-corrected chi connectivity index (χ2v) is 3.87. The molecular weight excluding hydrogens is 180 g/mol. The standard InChI is InChI=1S/C10H20N2O2/c1-2-11-10(14)12-6-8-4-3-5-9(8)7-13/h8-9,13H,2-7H2,1H3,(H2,11,12,14). The van der Waals surface area contributed by atoms with Crippen LogP contribution in [0, 0.1) is 11.8 Å². The molecule has 2 unspecified atom stereocenters. The zero-order valence-electron chi connectivity index (χ0n) is 8.75. The molecule has 82 valence electrons. The first-order chi connectivity index (χ1) is 6.77. The number of carbonyl (C=O) groups is 1. The first-order valence-corrected chi connectivity index (χ1v) is 5.40. The molecule has 1 fully saturated rings. The summed E-state index contributed by atoms with van der Waals surface area (Å²) in [6.45, 7) is 3.49. The van der Waals surface area contributed by atoms with Gasteiger partial charge >= 0.3 is 6.03 Å². The molecule has 14 heavy (non-hydrogen) atoms. The van der Waals surface area contributed by atoms with E-state index >= 15 is 0 Å². The number of aliphatic hydroxyl groups is 1. The smallest absolute Gasteiger partial charge is 0.314 e. The molecule has 3 N–H and O–H groups in total. The van der Waals surface area contributed by atoms with Gasteiger partial charge in [0.05, 0.1) is 0 Å². The number of aliphatic hydroxyl groups excluding tert-OH is 1. The van der Waals surface area contributed by atoms with E-state index in [-0.39, 0.29) is 12.6 Å². The van der Waals surface area contributed by atoms with Crippen molar-refractivity contribution < 1.29 is 9.90 Å². The molecule has 0 heterocycles. The van der Waals surface area contributed by atoms with Gasteiger partial charge in [-0.2, -0.15) is 0 Å². The first kappa shape index (κ1) is 11.3. The molecule has 2 atom stereocenters. The second kappa shape index (κ2) is 5.86. The highest BCUT2D eigenvalue weighted by atomic mass is 16.3. The topological polar surface area (TPSA) is 61.4 Å². The van der Waals surface area contributed by atoms with Crippen LogP contribution >= 0.6 is 0 Å². The van der Waals surface area contributed by atoms with E-state index in [1.165, 1.54) is 6.42 Å². The van der Waals surface area contributed by atoms with Crippen LogP contribution in [0.1, 0.15) is 26.2 Å². The molecule has 0 aromatic rings. The van der Waals surface area contributed by atoms with Crippen molar-refractivity contribution in [3.05, 3.63) is 0 Å². The third-order valence-electron chi connectivity index (χ3n) is 2.91. The van der Waals surface area contributed by atoms with Gasteiger partial charge in [0.25, 0.3) is 0 Å². The van der Waals surface area contributed by atoms with Gasteiger partial charge in [0.15, 0.2) is 0 Å². The molecule has 0 bridgehead atoms. The van der Waals surface area contributed by atoms with Crippen LogP contribution in [-0.4, -0.2) is 30.8 Å². The van der Waals surface area contributed by atoms with Gasteiger partial charge in [0.1, 0.15) is 0 Å². The van der Waals surface area contributed by atoms with E-state index in [0.717, 1.165) is 12.8 Å². The fourth-order valence-corrected chi connectivity index (χ4v) is 2.07. The summed E-state index contributed by atoms with van der Waals surface area (Å²) in [6.07, 6.45) is 3.39. The van der Waals surface area contributed by atoms with E-state index in [1.807, 2.05) is 6.92 Å². The molecule has 0 aromatic carbocycles. The molecule has 0 aliphatic heterocycles. The maximum absolute atomic E-state index is 11.1. The van der Waals surface area contributed by atoms with Gasteiger partial charge in [0.2, 0.25) is 0 Å². The lowest BCUT2D eigenvalue weighted by atomic mass is 9.97. The molecule has 1 rings (SSSR count). The molecule has 4 heteroatoms. The van der Waals surface area contributed by atoms with E-state index in [1.54, 1.807) is 0 Å². The quantitative estimate of drug-likeness (QED) is 0.626. The van der Waals surface area contributed by atoms with Crippen LogP contribution in [0.5, 0.6) is 0 Å². The van der Waals surface area contributed by atoms with E-state index in [9.17, 15) is 4.79 Å². The van der Waals surface area contributed by atoms with Crippen LogP contribution in [-0.2, 0) is 0 Å². The molecule has 2 amide bonds. The second-order valence-electron chi connectivity index (χ2n) is 3.87. The number of urea groups is 1. The maximum Gasteiger partial charge on any atom is 0.314 e. The van der Waals surface area contributed by atoms with Gasteiger partial charge in [-0.25, -0.2) is 4.79 Å². The van der Waals surface area contributed by atoms with Crippen LogP contribution in [0.25, 0.3) is 0 Å². The van der Waals surface area contributed by atoms with Crippen molar-refractivity contribution in [3.8, 4) is 0 Å². The Hall–Kier alpha value is -0.770. The third kappa shape index (κ3) is 3.18. The van der Waals surface area contributed by atoms with Crippen molar-refractivity contribution in [2.75, 3.05) is 19.7 Å². The van der Waals surface area contributed by atoms with E-state index in [0.29, 0.717) is 24.9 Å². The summed E-state index contributed by atoms with van der Waals surface area (Å²) in [7, 11) is 0. The van der Waals surface area contributed by atoms with Crippen LogP contribution in [0.15, 0.2) is 0 Å². The van der Waals surface area contributed by atoms with Crippen molar-refractivity contribution in [1.29, 1.82) is 0 Å². The Balaban J connectivity index is 2.20. The van der Waals surface area contributed by atoms with Crippen molar-refractivity contribution in [2.45, 2.75) is 26.2 Å². The minimum absolute atomic E-state index is 0.101. The molecule has 1 aliphatic carbocycles. The lowest BCUT2D eigenvalue weighted by Gasteiger charge is -2.17. The Morgan fingerprint density at radius 1 is 1.36 bits per heavy atom. The predicted molar refractivity (Wildman–Crippen MR) is 55.0 cm³/mol. The number of nitrogens with one attached hydrogen (secondary N) is 2. The average Bonchev–Trinajstić information content (AvgIpc) is 2.62. The third-order valence-corrected chi connectivity index (χ3v) is 2.91. The first-order valence-electron chi connectivity index (χ1n) is 5.40. The van der Waals surface area contributed by atoms with Crippen molar-refractivity contribution in [3.63, 3.8) is 0 Å². The number of amides is 2. The molecule has 0 saturated heterocycles. The summed E-state index contributed by atoms with van der Waals surface area (Å²) in [4.78, 5) is 11.1. The summed E-state index contributed by atoms with van der Waals surface area (Å²) in [5.74, 6) is 0.847. The monoisotopic (exact) mass is 200 g/mol. The summed E-state index contributed by atoms with van der Waals surface area (Å²) in [5.41, 5.74) is 0. The van der Waals surface area contributed by atoms with Gasteiger partial charge in [-0.3, -0.25) is 0 Å². The highest BCUT2D eigenvalue weighted by molar-refractivity contribution is 5.73. The lowest BCUT2D eigenvalue weighted by Crippen LogP contribution is -2.39. The Kier molecular flexibility index (Phi) is 4.73. The van der Waals surface area contributed by atoms with Crippen LogP contribution < -0.4 is 10.6 Å². The Bertz CT molecular complexity index is 185. The number of hydrogen-bond acceptors (Lipinski definition) is 2. The van der Waals surface area contributed by atoms with Gasteiger partial charge in [0, 0.05) is 19.7 Å². The van der Waals surface area contributed by atoms with Gasteiger partial charge in [-0.15, -0.1) is 0 Å². The summed E-state index contributed by atoms with van der Waals surface area (Å²) in [6, 6.07) is -0.101. The van der Waals surface area contributed by atoms with Gasteiger partial charge in [-0.1, -0.05) is 6.42 Å². The zero-order valence-corrected chi connectivity index (χ0v) is 8.75. The largest absolute Gasteiger partial charge is 0.396 e. The number of hydrogen-bond donors (Lipinski definition) is 3. The van der Waals surface area contributed by atoms with Gasteiger partial charge in [-0.05, 0) is 31.6 Å². The van der Waals surface area contributed by atoms with Gasteiger partial charge < -0.3 is 15.7 Å². The molecule has 0 radical (unpaired) electrons. The van der Waals surface area contributed by atoms with Crippen LogP contribution in [0.2, 0.25) is 0 Å². The van der Waals surface area contributed by atoms with Crippen molar-refractivity contribution in [1.82, 2.24) is 10.6 Å². The Morgan fingerprint density at radius 3 is 2.71 bits per heavy atom. The molecule has 1 aliphatic rings. The van der Waals surface area contributed by atoms with E-state index < -0.39 is 0 Å². The van der Waals surface area contributed by atoms with E-state index in [2.05, 4.69) is 10.6 Å². The molecule has 0 aromatic heterocycles. The summed E-state index contributed by atoms with van der Waals surface area (Å²) >= 11 is 0. The minimum atomic E-state index is -0.101. The summed E-state index contributed by atoms with van der Waals surface area (Å²) in [5, 5.41) is 14.6. The molecule has 4 nitrogen and oxygen atoms in total. The minimum Gasteiger partial charge on any atom is -0.396 e. The molecular formula is C10H20N2O2. The molecule has 0 spiro atoms. The van der Waals surface area contributed by atoms with Crippen LogP contribution in [0.3, 0.4) is 0 Å². The highest BCUT2D eigenvalue weighted by Crippen LogP contribution is 2.30. The Morgan fingerprint density at radius 2 is 2.07 bits per heavy atom. The van der Waals surface area contributed by atoms with Crippen LogP contribution in [0.4, 0.5) is 4.79 Å². The number of carbonyl (C=O) groups excluding carboxylic acids is 1. The van der Waals surface area contributed by atoms with Crippen molar-refractivity contribution in [2.24, 2.45) is 11.8 Å². The SMILES string of the molecule is CCNC(=O)NCC1CCCC1CO. The fraction of sp³-hybridized carbons (Fsp3) is 0.900. The fourth-order valence-electron chi connectivity index (χ4n) is 2.07. The lowest BCUT2D eigenvalue weighted by molar-refractivity contribution is 0.190.